The Balaban J connectivity index is 1.50. The van der Waals surface area contributed by atoms with Crippen LogP contribution in [0.5, 0.6) is 0 Å². The lowest BCUT2D eigenvalue weighted by Gasteiger charge is -2.09. The zero-order chi connectivity index (χ0) is 25.0. The number of carbonyl (C=O) groups excluding carboxylic acids is 2. The topological polar surface area (TPSA) is 115 Å². The Labute approximate surface area is 212 Å². The van der Waals surface area contributed by atoms with Crippen molar-refractivity contribution in [2.45, 2.75) is 42.6 Å². The van der Waals surface area contributed by atoms with Crippen molar-refractivity contribution in [1.82, 2.24) is 5.32 Å². The van der Waals surface area contributed by atoms with Gasteiger partial charge >= 0.3 is 0 Å². The average Bonchev–Trinajstić information content (AvgIpc) is 3.55. The van der Waals surface area contributed by atoms with Crippen molar-refractivity contribution in [2.75, 3.05) is 25.1 Å². The molecule has 2 amide bonds. The van der Waals surface area contributed by atoms with E-state index >= 15 is 0 Å². The van der Waals surface area contributed by atoms with Crippen LogP contribution in [0, 0.1) is 0 Å². The number of thiophene rings is 1. The summed E-state index contributed by atoms with van der Waals surface area (Å²) < 4.78 is 36.3. The molecule has 0 saturated carbocycles. The van der Waals surface area contributed by atoms with Crippen molar-refractivity contribution < 1.29 is 27.2 Å². The van der Waals surface area contributed by atoms with Gasteiger partial charge in [0.05, 0.1) is 10.5 Å². The summed E-state index contributed by atoms with van der Waals surface area (Å²) in [7, 11) is -3.95. The van der Waals surface area contributed by atoms with Crippen LogP contribution in [0.1, 0.15) is 51.1 Å². The lowest BCUT2D eigenvalue weighted by molar-refractivity contribution is 0.0944. The van der Waals surface area contributed by atoms with Gasteiger partial charge in [-0.15, -0.1) is 11.3 Å². The SMILES string of the molecule is CCOCCCNC(=O)c1c(NC(=O)c2ccc(S(=O)(=O)c3ccc(Cl)cc3)o2)sc2c1CCC2. The molecule has 0 saturated heterocycles. The molecule has 11 heteroatoms. The van der Waals surface area contributed by atoms with Crippen LogP contribution in [0.25, 0.3) is 0 Å². The molecule has 0 atom stereocenters. The monoisotopic (exact) mass is 536 g/mol. The molecule has 3 aromatic rings. The van der Waals surface area contributed by atoms with Crippen molar-refractivity contribution in [1.29, 1.82) is 0 Å². The smallest absolute Gasteiger partial charge is 0.292 e. The maximum absolute atomic E-state index is 12.9. The van der Waals surface area contributed by atoms with Gasteiger partial charge in [-0.25, -0.2) is 8.42 Å². The average molecular weight is 537 g/mol. The Hall–Kier alpha value is -2.66. The van der Waals surface area contributed by atoms with Gasteiger partial charge in [-0.2, -0.15) is 0 Å². The molecular weight excluding hydrogens is 512 g/mol. The Bertz CT molecular complexity index is 1330. The summed E-state index contributed by atoms with van der Waals surface area (Å²) in [5, 5.41) is 6.12. The molecule has 0 unspecified atom stereocenters. The first-order valence-corrected chi connectivity index (χ1v) is 13.9. The third-order valence-electron chi connectivity index (χ3n) is 5.52. The summed E-state index contributed by atoms with van der Waals surface area (Å²) >= 11 is 7.20. The molecule has 2 heterocycles. The summed E-state index contributed by atoms with van der Waals surface area (Å²) in [4.78, 5) is 26.9. The van der Waals surface area contributed by atoms with Gasteiger partial charge in [-0.1, -0.05) is 11.6 Å². The molecule has 1 aliphatic rings. The number of nitrogens with one attached hydrogen (secondary N) is 2. The number of furan rings is 1. The van der Waals surface area contributed by atoms with Crippen LogP contribution < -0.4 is 10.6 Å². The normalized spacial score (nSPS) is 13.0. The molecule has 0 aliphatic heterocycles. The van der Waals surface area contributed by atoms with E-state index in [1.807, 2.05) is 6.92 Å². The highest BCUT2D eigenvalue weighted by atomic mass is 35.5. The fraction of sp³-hybridized carbons (Fsp3) is 0.333. The molecule has 8 nitrogen and oxygen atoms in total. The van der Waals surface area contributed by atoms with Gasteiger partial charge in [0.2, 0.25) is 14.9 Å². The number of anilines is 1. The highest BCUT2D eigenvalue weighted by molar-refractivity contribution is 7.91. The van der Waals surface area contributed by atoms with Gasteiger partial charge in [0, 0.05) is 29.7 Å². The highest BCUT2D eigenvalue weighted by Crippen LogP contribution is 2.39. The molecule has 35 heavy (non-hydrogen) atoms. The summed E-state index contributed by atoms with van der Waals surface area (Å²) in [5.74, 6) is -1.05. The highest BCUT2D eigenvalue weighted by Gasteiger charge is 2.29. The number of carbonyl (C=O) groups is 2. The molecule has 1 aliphatic carbocycles. The molecule has 0 radical (unpaired) electrons. The Morgan fingerprint density at radius 2 is 1.89 bits per heavy atom. The number of halogens is 1. The minimum Gasteiger partial charge on any atom is -0.439 e. The second-order valence-electron chi connectivity index (χ2n) is 7.90. The van der Waals surface area contributed by atoms with Crippen LogP contribution in [0.3, 0.4) is 0 Å². The fourth-order valence-corrected chi connectivity index (χ4v) is 6.40. The minimum atomic E-state index is -3.95. The second kappa shape index (κ2) is 10.9. The summed E-state index contributed by atoms with van der Waals surface area (Å²) in [6.45, 7) is 3.55. The number of benzene rings is 1. The zero-order valence-corrected chi connectivity index (χ0v) is 21.4. The number of fused-ring (bicyclic) bond motifs is 1. The van der Waals surface area contributed by atoms with E-state index in [1.54, 1.807) is 0 Å². The van der Waals surface area contributed by atoms with Crippen LogP contribution >= 0.6 is 22.9 Å². The molecule has 186 valence electrons. The summed E-state index contributed by atoms with van der Waals surface area (Å²) in [6.07, 6.45) is 3.27. The molecule has 1 aromatic carbocycles. The van der Waals surface area contributed by atoms with E-state index in [9.17, 15) is 18.0 Å². The number of hydrogen-bond donors (Lipinski definition) is 2. The zero-order valence-electron chi connectivity index (χ0n) is 19.1. The largest absolute Gasteiger partial charge is 0.439 e. The first-order valence-electron chi connectivity index (χ1n) is 11.2. The number of aryl methyl sites for hydroxylation is 1. The Morgan fingerprint density at radius 1 is 1.11 bits per heavy atom. The molecule has 0 fully saturated rings. The Morgan fingerprint density at radius 3 is 2.63 bits per heavy atom. The fourth-order valence-electron chi connectivity index (χ4n) is 3.82. The van der Waals surface area contributed by atoms with E-state index in [1.165, 1.54) is 47.7 Å². The molecule has 0 spiro atoms. The second-order valence-corrected chi connectivity index (χ2v) is 11.3. The molecular formula is C24H25ClN2O6S2. The molecule has 4 rings (SSSR count). The third kappa shape index (κ3) is 5.61. The first-order chi connectivity index (χ1) is 16.8. The van der Waals surface area contributed by atoms with E-state index in [-0.39, 0.29) is 21.7 Å². The quantitative estimate of drug-likeness (QED) is 0.362. The van der Waals surface area contributed by atoms with Crippen molar-refractivity contribution in [3.05, 3.63) is 63.2 Å². The maximum Gasteiger partial charge on any atom is 0.292 e. The van der Waals surface area contributed by atoms with E-state index in [0.29, 0.717) is 41.8 Å². The lowest BCUT2D eigenvalue weighted by atomic mass is 10.1. The van der Waals surface area contributed by atoms with E-state index in [2.05, 4.69) is 10.6 Å². The van der Waals surface area contributed by atoms with Gasteiger partial charge in [0.25, 0.3) is 11.8 Å². The predicted molar refractivity (Wildman–Crippen MR) is 133 cm³/mol. The van der Waals surface area contributed by atoms with Gasteiger partial charge in [0.15, 0.2) is 5.76 Å². The van der Waals surface area contributed by atoms with Crippen molar-refractivity contribution in [3.8, 4) is 0 Å². The summed E-state index contributed by atoms with van der Waals surface area (Å²) in [5.41, 5.74) is 1.42. The van der Waals surface area contributed by atoms with Crippen LogP contribution in [0.2, 0.25) is 5.02 Å². The van der Waals surface area contributed by atoms with Gasteiger partial charge in [-0.3, -0.25) is 9.59 Å². The van der Waals surface area contributed by atoms with Crippen LogP contribution in [-0.2, 0) is 27.4 Å². The number of amides is 2. The maximum atomic E-state index is 12.9. The van der Waals surface area contributed by atoms with Crippen LogP contribution in [-0.4, -0.2) is 40.0 Å². The standard InChI is InChI=1S/C24H25ClN2O6S2/c1-2-32-14-4-13-26-23(29)21-17-5-3-6-19(17)34-24(21)27-22(28)18-11-12-20(33-18)35(30,31)16-9-7-15(25)8-10-16/h7-12H,2-6,13-14H2,1H3,(H,26,29)(H,27,28). The summed E-state index contributed by atoms with van der Waals surface area (Å²) in [6, 6.07) is 8.19. The predicted octanol–water partition coefficient (Wildman–Crippen LogP) is 4.72. The van der Waals surface area contributed by atoms with Gasteiger partial charge < -0.3 is 19.8 Å². The molecule has 2 N–H and O–H groups in total. The van der Waals surface area contributed by atoms with Crippen molar-refractivity contribution in [2.24, 2.45) is 0 Å². The number of ether oxygens (including phenoxy) is 1. The number of rotatable bonds is 10. The van der Waals surface area contributed by atoms with E-state index in [4.69, 9.17) is 20.8 Å². The third-order valence-corrected chi connectivity index (χ3v) is 8.63. The van der Waals surface area contributed by atoms with Crippen LogP contribution in [0.15, 0.2) is 50.8 Å². The molecule has 2 aromatic heterocycles. The van der Waals surface area contributed by atoms with E-state index in [0.717, 1.165) is 29.7 Å². The minimum absolute atomic E-state index is 0.00110. The Kier molecular flexibility index (Phi) is 7.95. The first kappa shape index (κ1) is 25.4. The van der Waals surface area contributed by atoms with Gasteiger partial charge in [0.1, 0.15) is 5.00 Å². The molecule has 0 bridgehead atoms. The van der Waals surface area contributed by atoms with Crippen molar-refractivity contribution >= 4 is 49.6 Å². The van der Waals surface area contributed by atoms with Crippen LogP contribution in [0.4, 0.5) is 5.00 Å². The number of hydrogen-bond acceptors (Lipinski definition) is 7. The lowest BCUT2D eigenvalue weighted by Crippen LogP contribution is -2.27. The van der Waals surface area contributed by atoms with Gasteiger partial charge in [-0.05, 0) is 74.6 Å². The van der Waals surface area contributed by atoms with Crippen molar-refractivity contribution in [3.63, 3.8) is 0 Å². The van der Waals surface area contributed by atoms with E-state index < -0.39 is 15.7 Å². The number of sulfone groups is 1.